The predicted octanol–water partition coefficient (Wildman–Crippen LogP) is 6.48. The minimum Gasteiger partial charge on any atom is -0.367 e. The second-order valence-corrected chi connectivity index (χ2v) is 11.2. The van der Waals surface area contributed by atoms with Gasteiger partial charge in [-0.2, -0.15) is 11.8 Å². The van der Waals surface area contributed by atoms with Crippen LogP contribution in [0.3, 0.4) is 0 Å². The third kappa shape index (κ3) is 4.48. The molecule has 0 N–H and O–H groups in total. The van der Waals surface area contributed by atoms with Crippen molar-refractivity contribution in [1.29, 1.82) is 0 Å². The Kier molecular flexibility index (Phi) is 7.07. The molecule has 4 aliphatic rings. The topological polar surface area (TPSA) is 6.48 Å². The quantitative estimate of drug-likeness (QED) is 0.365. The number of benzene rings is 1. The van der Waals surface area contributed by atoms with E-state index in [1.807, 2.05) is 0 Å². The van der Waals surface area contributed by atoms with Gasteiger partial charge in [-0.3, -0.25) is 0 Å². The Morgan fingerprint density at radius 2 is 1.73 bits per heavy atom. The zero-order valence-corrected chi connectivity index (χ0v) is 19.5. The van der Waals surface area contributed by atoms with Crippen molar-refractivity contribution < 1.29 is 0 Å². The lowest BCUT2D eigenvalue weighted by atomic mass is 9.79. The number of hydrogen-bond donors (Lipinski definition) is 0. The van der Waals surface area contributed by atoms with E-state index >= 15 is 0 Å². The Bertz CT molecular complexity index is 711. The molecule has 0 amide bonds. The number of likely N-dealkylation sites (tertiary alicyclic amines) is 1. The smallest absolute Gasteiger partial charge is 0.0405 e. The van der Waals surface area contributed by atoms with Crippen molar-refractivity contribution in [3.63, 3.8) is 0 Å². The molecule has 3 heterocycles. The van der Waals surface area contributed by atoms with E-state index in [4.69, 9.17) is 0 Å². The first-order valence-electron chi connectivity index (χ1n) is 12.8. The second kappa shape index (κ2) is 10.1. The molecule has 0 aromatic heterocycles. The van der Waals surface area contributed by atoms with Crippen LogP contribution in [-0.4, -0.2) is 48.1 Å². The molecular weight excluding hydrogens is 384 g/mol. The Labute approximate surface area is 188 Å². The first-order valence-corrected chi connectivity index (χ1v) is 13.8. The van der Waals surface area contributed by atoms with Crippen LogP contribution in [0.4, 0.5) is 5.69 Å². The third-order valence-electron chi connectivity index (χ3n) is 8.08. The molecule has 1 aromatic rings. The van der Waals surface area contributed by atoms with Gasteiger partial charge >= 0.3 is 0 Å². The van der Waals surface area contributed by atoms with Gasteiger partial charge in [-0.15, -0.1) is 0 Å². The van der Waals surface area contributed by atoms with Crippen LogP contribution in [-0.2, 0) is 0 Å². The lowest BCUT2D eigenvalue weighted by Gasteiger charge is -2.39. The molecule has 0 bridgehead atoms. The highest BCUT2D eigenvalue weighted by Gasteiger charge is 2.46. The SMILES string of the molecule is C1=CC2SCCC3c4ccccc4N(CCCCCCN4CCCCC4)C3C2CC1. The van der Waals surface area contributed by atoms with Gasteiger partial charge in [-0.25, -0.2) is 0 Å². The monoisotopic (exact) mass is 424 g/mol. The molecule has 0 radical (unpaired) electrons. The van der Waals surface area contributed by atoms with Crippen molar-refractivity contribution >= 4 is 17.4 Å². The molecular formula is C27H40N2S. The minimum atomic E-state index is 0.737. The summed E-state index contributed by atoms with van der Waals surface area (Å²) >= 11 is 2.23. The maximum Gasteiger partial charge on any atom is 0.0405 e. The number of anilines is 1. The summed E-state index contributed by atoms with van der Waals surface area (Å²) < 4.78 is 0. The molecule has 164 valence electrons. The molecule has 2 fully saturated rings. The molecule has 1 aromatic carbocycles. The number of hydrogen-bond acceptors (Lipinski definition) is 3. The zero-order chi connectivity index (χ0) is 20.2. The van der Waals surface area contributed by atoms with Gasteiger partial charge in [0.1, 0.15) is 0 Å². The van der Waals surface area contributed by atoms with E-state index < -0.39 is 0 Å². The highest BCUT2D eigenvalue weighted by molar-refractivity contribution is 8.00. The van der Waals surface area contributed by atoms with Crippen molar-refractivity contribution in [2.45, 2.75) is 81.4 Å². The number of rotatable bonds is 7. The van der Waals surface area contributed by atoms with Crippen LogP contribution in [0.25, 0.3) is 0 Å². The van der Waals surface area contributed by atoms with Crippen molar-refractivity contribution in [3.8, 4) is 0 Å². The fraction of sp³-hybridized carbons (Fsp3) is 0.704. The number of allylic oxidation sites excluding steroid dienone is 1. The number of fused-ring (bicyclic) bond motifs is 5. The molecule has 2 saturated heterocycles. The predicted molar refractivity (Wildman–Crippen MR) is 132 cm³/mol. The van der Waals surface area contributed by atoms with Gasteiger partial charge in [0.15, 0.2) is 0 Å². The zero-order valence-electron chi connectivity index (χ0n) is 18.7. The van der Waals surface area contributed by atoms with E-state index in [0.29, 0.717) is 0 Å². The number of para-hydroxylation sites is 1. The number of unbranched alkanes of at least 4 members (excludes halogenated alkanes) is 3. The molecule has 1 aliphatic carbocycles. The van der Waals surface area contributed by atoms with Crippen molar-refractivity contribution in [2.24, 2.45) is 5.92 Å². The third-order valence-corrected chi connectivity index (χ3v) is 9.45. The highest BCUT2D eigenvalue weighted by Crippen LogP contribution is 2.51. The lowest BCUT2D eigenvalue weighted by Crippen LogP contribution is -2.44. The summed E-state index contributed by atoms with van der Waals surface area (Å²) in [5.74, 6) is 2.92. The fourth-order valence-corrected chi connectivity index (χ4v) is 8.03. The molecule has 5 rings (SSSR count). The average Bonchev–Trinajstić information content (AvgIpc) is 2.97. The van der Waals surface area contributed by atoms with E-state index in [0.717, 1.165) is 23.1 Å². The highest BCUT2D eigenvalue weighted by atomic mass is 32.2. The van der Waals surface area contributed by atoms with E-state index in [2.05, 4.69) is 58.0 Å². The summed E-state index contributed by atoms with van der Waals surface area (Å²) in [7, 11) is 0. The minimum absolute atomic E-state index is 0.737. The molecule has 2 nitrogen and oxygen atoms in total. The molecule has 4 atom stereocenters. The molecule has 0 spiro atoms. The van der Waals surface area contributed by atoms with Gasteiger partial charge in [-0.05, 0) is 87.9 Å². The molecule has 3 aliphatic heterocycles. The maximum absolute atomic E-state index is 2.87. The van der Waals surface area contributed by atoms with Crippen LogP contribution in [0.1, 0.15) is 75.7 Å². The van der Waals surface area contributed by atoms with Crippen LogP contribution < -0.4 is 4.90 Å². The Morgan fingerprint density at radius 3 is 2.63 bits per heavy atom. The van der Waals surface area contributed by atoms with Crippen molar-refractivity contribution in [1.82, 2.24) is 4.90 Å². The van der Waals surface area contributed by atoms with Gasteiger partial charge < -0.3 is 9.80 Å². The second-order valence-electron chi connectivity index (χ2n) is 9.96. The number of nitrogens with zero attached hydrogens (tertiary/aromatic N) is 2. The largest absolute Gasteiger partial charge is 0.367 e. The van der Waals surface area contributed by atoms with E-state index in [-0.39, 0.29) is 0 Å². The summed E-state index contributed by atoms with van der Waals surface area (Å²) in [5.41, 5.74) is 3.23. The van der Waals surface area contributed by atoms with Gasteiger partial charge in [0.05, 0.1) is 0 Å². The van der Waals surface area contributed by atoms with Crippen LogP contribution in [0.15, 0.2) is 36.4 Å². The van der Waals surface area contributed by atoms with Gasteiger partial charge in [0, 0.05) is 29.4 Å². The van der Waals surface area contributed by atoms with Crippen LogP contribution in [0.5, 0.6) is 0 Å². The first-order chi connectivity index (χ1) is 14.9. The summed E-state index contributed by atoms with van der Waals surface area (Å²) in [6, 6.07) is 10.1. The molecule has 4 unspecified atom stereocenters. The Balaban J connectivity index is 1.20. The lowest BCUT2D eigenvalue weighted by molar-refractivity contribution is 0.224. The number of thioether (sulfide) groups is 1. The van der Waals surface area contributed by atoms with Crippen LogP contribution in [0.2, 0.25) is 0 Å². The van der Waals surface area contributed by atoms with Crippen LogP contribution >= 0.6 is 11.8 Å². The Hall–Kier alpha value is -0.930. The van der Waals surface area contributed by atoms with Crippen molar-refractivity contribution in [2.75, 3.05) is 36.8 Å². The summed E-state index contributed by atoms with van der Waals surface area (Å²) in [6.07, 6.45) is 18.9. The molecule has 30 heavy (non-hydrogen) atoms. The van der Waals surface area contributed by atoms with E-state index in [1.54, 1.807) is 11.3 Å². The Morgan fingerprint density at radius 1 is 0.900 bits per heavy atom. The van der Waals surface area contributed by atoms with E-state index in [9.17, 15) is 0 Å². The average molecular weight is 425 g/mol. The van der Waals surface area contributed by atoms with Gasteiger partial charge in [0.25, 0.3) is 0 Å². The summed E-state index contributed by atoms with van der Waals surface area (Å²) in [6.45, 7) is 5.30. The number of piperidine rings is 1. The van der Waals surface area contributed by atoms with Gasteiger partial charge in [0.2, 0.25) is 0 Å². The van der Waals surface area contributed by atoms with Crippen molar-refractivity contribution in [3.05, 3.63) is 42.0 Å². The summed E-state index contributed by atoms with van der Waals surface area (Å²) in [4.78, 5) is 5.57. The molecule has 3 heteroatoms. The normalized spacial score (nSPS) is 31.1. The molecule has 0 saturated carbocycles. The van der Waals surface area contributed by atoms with E-state index in [1.165, 1.54) is 96.1 Å². The van der Waals surface area contributed by atoms with Crippen LogP contribution in [0, 0.1) is 5.92 Å². The summed E-state index contributed by atoms with van der Waals surface area (Å²) in [5, 5.41) is 0.745. The fourth-order valence-electron chi connectivity index (χ4n) is 6.61. The standard InChI is InChI=1S/C27H40N2S/c1(8-17-28-18-9-3-10-19-28)2-11-20-29-25-14-6-4-12-22(25)23-16-21-30-26-15-7-5-13-24(26)27(23)29/h4,6-7,12,14-15,23-24,26-27H,1-3,5,8-11,13,16-21H2. The van der Waals surface area contributed by atoms with Gasteiger partial charge in [-0.1, -0.05) is 49.6 Å². The maximum atomic E-state index is 2.87. The first kappa shape index (κ1) is 20.9.